The lowest BCUT2D eigenvalue weighted by molar-refractivity contribution is -0.120. The number of carbonyl (C=O) groups is 1. The molecule has 1 fully saturated rings. The van der Waals surface area contributed by atoms with Crippen LogP contribution in [0.2, 0.25) is 0 Å². The lowest BCUT2D eigenvalue weighted by Crippen LogP contribution is -2.41. The summed E-state index contributed by atoms with van der Waals surface area (Å²) in [6.07, 6.45) is 5.45. The zero-order chi connectivity index (χ0) is 19.5. The van der Waals surface area contributed by atoms with Crippen LogP contribution in [0.1, 0.15) is 24.2 Å². The number of amides is 1. The van der Waals surface area contributed by atoms with Crippen molar-refractivity contribution in [3.05, 3.63) is 60.2 Å². The Morgan fingerprint density at radius 2 is 1.89 bits per heavy atom. The molecule has 28 heavy (non-hydrogen) atoms. The third-order valence-corrected chi connectivity index (χ3v) is 5.23. The SMILES string of the molecule is Cc1ccccc1NC(=O)C1CCCN(c2ccc(-n3ccnc3C)nn2)C1. The largest absolute Gasteiger partial charge is 0.354 e. The molecule has 3 heterocycles. The van der Waals surface area contributed by atoms with Crippen LogP contribution in [0.15, 0.2) is 48.8 Å². The van der Waals surface area contributed by atoms with Gasteiger partial charge in [0.15, 0.2) is 11.6 Å². The van der Waals surface area contributed by atoms with Crippen molar-refractivity contribution in [2.45, 2.75) is 26.7 Å². The summed E-state index contributed by atoms with van der Waals surface area (Å²) in [5, 5.41) is 11.8. The molecular weight excluding hydrogens is 352 g/mol. The number of hydrogen-bond donors (Lipinski definition) is 1. The Morgan fingerprint density at radius 3 is 2.61 bits per heavy atom. The van der Waals surface area contributed by atoms with E-state index < -0.39 is 0 Å². The lowest BCUT2D eigenvalue weighted by atomic mass is 9.97. The second kappa shape index (κ2) is 7.80. The zero-order valence-electron chi connectivity index (χ0n) is 16.2. The van der Waals surface area contributed by atoms with E-state index in [-0.39, 0.29) is 11.8 Å². The summed E-state index contributed by atoms with van der Waals surface area (Å²) in [6, 6.07) is 11.8. The third-order valence-electron chi connectivity index (χ3n) is 5.23. The van der Waals surface area contributed by atoms with Crippen LogP contribution in [-0.2, 0) is 4.79 Å². The molecule has 144 valence electrons. The first kappa shape index (κ1) is 18.2. The van der Waals surface area contributed by atoms with Gasteiger partial charge in [0, 0.05) is 31.2 Å². The van der Waals surface area contributed by atoms with Crippen LogP contribution in [0.4, 0.5) is 11.5 Å². The van der Waals surface area contributed by atoms with Crippen LogP contribution in [0.3, 0.4) is 0 Å². The normalized spacial score (nSPS) is 16.8. The number of carbonyl (C=O) groups excluding carboxylic acids is 1. The molecule has 1 atom stereocenters. The van der Waals surface area contributed by atoms with Crippen molar-refractivity contribution in [3.63, 3.8) is 0 Å². The van der Waals surface area contributed by atoms with Crippen LogP contribution in [-0.4, -0.2) is 38.7 Å². The Hall–Kier alpha value is -3.22. The van der Waals surface area contributed by atoms with E-state index in [0.29, 0.717) is 6.54 Å². The molecule has 3 aromatic rings. The number of piperidine rings is 1. The fourth-order valence-electron chi connectivity index (χ4n) is 3.58. The predicted octanol–water partition coefficient (Wildman–Crippen LogP) is 3.13. The quantitative estimate of drug-likeness (QED) is 0.757. The van der Waals surface area contributed by atoms with E-state index in [9.17, 15) is 4.79 Å². The number of nitrogens with one attached hydrogen (secondary N) is 1. The highest BCUT2D eigenvalue weighted by atomic mass is 16.1. The van der Waals surface area contributed by atoms with Crippen LogP contribution in [0.25, 0.3) is 5.82 Å². The molecule has 0 bridgehead atoms. The summed E-state index contributed by atoms with van der Waals surface area (Å²) < 4.78 is 1.89. The third kappa shape index (κ3) is 3.74. The Labute approximate surface area is 164 Å². The number of aromatic nitrogens is 4. The maximum Gasteiger partial charge on any atom is 0.229 e. The fraction of sp³-hybridized carbons (Fsp3) is 0.333. The van der Waals surface area contributed by atoms with Crippen molar-refractivity contribution >= 4 is 17.4 Å². The van der Waals surface area contributed by atoms with Crippen molar-refractivity contribution in [2.75, 3.05) is 23.3 Å². The molecule has 4 rings (SSSR count). The van der Waals surface area contributed by atoms with E-state index in [4.69, 9.17) is 0 Å². The second-order valence-corrected chi connectivity index (χ2v) is 7.18. The summed E-state index contributed by atoms with van der Waals surface area (Å²) in [5.41, 5.74) is 1.95. The summed E-state index contributed by atoms with van der Waals surface area (Å²) in [7, 11) is 0. The molecule has 7 heteroatoms. The first-order valence-electron chi connectivity index (χ1n) is 9.57. The van der Waals surface area contributed by atoms with E-state index >= 15 is 0 Å². The van der Waals surface area contributed by atoms with Crippen molar-refractivity contribution in [3.8, 4) is 5.82 Å². The number of para-hydroxylation sites is 1. The van der Waals surface area contributed by atoms with Gasteiger partial charge >= 0.3 is 0 Å². The summed E-state index contributed by atoms with van der Waals surface area (Å²) >= 11 is 0. The van der Waals surface area contributed by atoms with E-state index in [0.717, 1.165) is 48.1 Å². The number of benzene rings is 1. The van der Waals surface area contributed by atoms with Crippen molar-refractivity contribution in [1.29, 1.82) is 0 Å². The molecule has 1 unspecified atom stereocenters. The highest BCUT2D eigenvalue weighted by molar-refractivity contribution is 5.93. The fourth-order valence-corrected chi connectivity index (χ4v) is 3.58. The van der Waals surface area contributed by atoms with Gasteiger partial charge < -0.3 is 10.2 Å². The van der Waals surface area contributed by atoms with Crippen LogP contribution < -0.4 is 10.2 Å². The van der Waals surface area contributed by atoms with Gasteiger partial charge in [0.1, 0.15) is 5.82 Å². The van der Waals surface area contributed by atoms with Crippen LogP contribution in [0, 0.1) is 19.8 Å². The Morgan fingerprint density at radius 1 is 1.11 bits per heavy atom. The first-order valence-corrected chi connectivity index (χ1v) is 9.57. The molecular formula is C21H24N6O. The molecule has 1 N–H and O–H groups in total. The standard InChI is InChI=1S/C21H24N6O/c1-15-6-3-4-8-18(15)23-21(28)17-7-5-12-26(14-17)19-9-10-20(25-24-19)27-13-11-22-16(27)2/h3-4,6,8-11,13,17H,5,7,12,14H2,1-2H3,(H,23,28). The Kier molecular flexibility index (Phi) is 5.06. The van der Waals surface area contributed by atoms with Gasteiger partial charge in [0.05, 0.1) is 5.92 Å². The molecule has 0 spiro atoms. The Balaban J connectivity index is 1.44. The molecule has 1 aliphatic rings. The summed E-state index contributed by atoms with van der Waals surface area (Å²) in [6.45, 7) is 5.46. The number of hydrogen-bond acceptors (Lipinski definition) is 5. The second-order valence-electron chi connectivity index (χ2n) is 7.18. The number of aryl methyl sites for hydroxylation is 2. The van der Waals surface area contributed by atoms with Gasteiger partial charge in [-0.15, -0.1) is 10.2 Å². The average molecular weight is 376 g/mol. The smallest absolute Gasteiger partial charge is 0.229 e. The van der Waals surface area contributed by atoms with Crippen LogP contribution in [0.5, 0.6) is 0 Å². The number of rotatable bonds is 4. The molecule has 0 radical (unpaired) electrons. The molecule has 1 amide bonds. The maximum atomic E-state index is 12.8. The molecule has 1 aliphatic heterocycles. The van der Waals surface area contributed by atoms with Gasteiger partial charge in [0.2, 0.25) is 5.91 Å². The monoisotopic (exact) mass is 376 g/mol. The van der Waals surface area contributed by atoms with E-state index in [1.807, 2.05) is 61.0 Å². The van der Waals surface area contributed by atoms with Gasteiger partial charge in [-0.25, -0.2) is 4.98 Å². The van der Waals surface area contributed by atoms with Crippen molar-refractivity contribution in [2.24, 2.45) is 5.92 Å². The van der Waals surface area contributed by atoms with Gasteiger partial charge in [-0.1, -0.05) is 18.2 Å². The Bertz CT molecular complexity index is 965. The van der Waals surface area contributed by atoms with E-state index in [1.54, 1.807) is 6.20 Å². The molecule has 2 aromatic heterocycles. The van der Waals surface area contributed by atoms with Gasteiger partial charge in [0.25, 0.3) is 0 Å². The number of nitrogens with zero attached hydrogens (tertiary/aromatic N) is 5. The van der Waals surface area contributed by atoms with E-state index in [2.05, 4.69) is 25.4 Å². The molecule has 0 aliphatic carbocycles. The number of imidazole rings is 1. The first-order chi connectivity index (χ1) is 13.6. The minimum atomic E-state index is -0.0641. The summed E-state index contributed by atoms with van der Waals surface area (Å²) in [5.74, 6) is 2.41. The number of anilines is 2. The van der Waals surface area contributed by atoms with Gasteiger partial charge in [-0.05, 0) is 50.5 Å². The lowest BCUT2D eigenvalue weighted by Gasteiger charge is -2.32. The predicted molar refractivity (Wildman–Crippen MR) is 109 cm³/mol. The van der Waals surface area contributed by atoms with E-state index in [1.165, 1.54) is 0 Å². The van der Waals surface area contributed by atoms with Gasteiger partial charge in [-0.2, -0.15) is 0 Å². The molecule has 0 saturated carbocycles. The molecule has 1 saturated heterocycles. The topological polar surface area (TPSA) is 75.9 Å². The van der Waals surface area contributed by atoms with Crippen molar-refractivity contribution < 1.29 is 4.79 Å². The summed E-state index contributed by atoms with van der Waals surface area (Å²) in [4.78, 5) is 19.1. The highest BCUT2D eigenvalue weighted by Gasteiger charge is 2.27. The highest BCUT2D eigenvalue weighted by Crippen LogP contribution is 2.24. The maximum absolute atomic E-state index is 12.8. The minimum Gasteiger partial charge on any atom is -0.354 e. The zero-order valence-corrected chi connectivity index (χ0v) is 16.2. The molecule has 1 aromatic carbocycles. The van der Waals surface area contributed by atoms with Gasteiger partial charge in [-0.3, -0.25) is 9.36 Å². The van der Waals surface area contributed by atoms with Crippen LogP contribution >= 0.6 is 0 Å². The average Bonchev–Trinajstić information content (AvgIpc) is 3.16. The minimum absolute atomic E-state index is 0.0641. The molecule has 7 nitrogen and oxygen atoms in total. The van der Waals surface area contributed by atoms with Crippen molar-refractivity contribution in [1.82, 2.24) is 19.7 Å².